The third-order valence-corrected chi connectivity index (χ3v) is 3.41. The van der Waals surface area contributed by atoms with Crippen LogP contribution >= 0.6 is 12.4 Å². The summed E-state index contributed by atoms with van der Waals surface area (Å²) in [5.74, 6) is 2.26. The molecule has 1 heterocycles. The van der Waals surface area contributed by atoms with Gasteiger partial charge in [0.25, 0.3) is 0 Å². The Bertz CT molecular complexity index is 378. The first-order chi connectivity index (χ1) is 9.24. The Balaban J connectivity index is 0.00000200. The lowest BCUT2D eigenvalue weighted by Gasteiger charge is -2.23. The fraction of sp³-hybridized carbons (Fsp3) is 0.625. The predicted octanol–water partition coefficient (Wildman–Crippen LogP) is 3.55. The van der Waals surface area contributed by atoms with E-state index in [0.29, 0.717) is 5.92 Å². The molecule has 3 nitrogen and oxygen atoms in total. The molecule has 114 valence electrons. The van der Waals surface area contributed by atoms with E-state index in [0.717, 1.165) is 37.1 Å². The van der Waals surface area contributed by atoms with Crippen molar-refractivity contribution in [3.8, 4) is 5.75 Å². The Morgan fingerprint density at radius 1 is 1.40 bits per heavy atom. The van der Waals surface area contributed by atoms with Gasteiger partial charge in [0.1, 0.15) is 5.75 Å². The van der Waals surface area contributed by atoms with E-state index < -0.39 is 0 Å². The van der Waals surface area contributed by atoms with Crippen LogP contribution in [0.5, 0.6) is 5.75 Å². The second-order valence-electron chi connectivity index (χ2n) is 5.83. The van der Waals surface area contributed by atoms with Gasteiger partial charge >= 0.3 is 0 Å². The van der Waals surface area contributed by atoms with Gasteiger partial charge in [-0.2, -0.15) is 0 Å². The van der Waals surface area contributed by atoms with Crippen LogP contribution < -0.4 is 15.4 Å². The molecule has 1 aliphatic heterocycles. The molecule has 0 amide bonds. The summed E-state index contributed by atoms with van der Waals surface area (Å²) >= 11 is 0. The van der Waals surface area contributed by atoms with Crippen LogP contribution in [0.1, 0.15) is 26.7 Å². The van der Waals surface area contributed by atoms with Gasteiger partial charge in [0.2, 0.25) is 0 Å². The molecule has 1 saturated heterocycles. The molecule has 1 aliphatic rings. The summed E-state index contributed by atoms with van der Waals surface area (Å²) in [7, 11) is 0. The summed E-state index contributed by atoms with van der Waals surface area (Å²) in [6, 6.07) is 8.28. The summed E-state index contributed by atoms with van der Waals surface area (Å²) in [5.41, 5.74) is 1.16. The van der Waals surface area contributed by atoms with E-state index in [1.807, 2.05) is 6.07 Å². The molecule has 0 spiro atoms. The quantitative estimate of drug-likeness (QED) is 0.842. The van der Waals surface area contributed by atoms with Crippen LogP contribution in [0.15, 0.2) is 24.3 Å². The highest BCUT2D eigenvalue weighted by Gasteiger charge is 2.12. The minimum Gasteiger partial charge on any atom is -0.493 e. The van der Waals surface area contributed by atoms with Crippen molar-refractivity contribution in [2.75, 3.05) is 31.6 Å². The number of ether oxygens (including phenoxy) is 1. The van der Waals surface area contributed by atoms with E-state index in [2.05, 4.69) is 42.7 Å². The Morgan fingerprint density at radius 2 is 2.25 bits per heavy atom. The predicted molar refractivity (Wildman–Crippen MR) is 88.1 cm³/mol. The second-order valence-corrected chi connectivity index (χ2v) is 5.83. The van der Waals surface area contributed by atoms with Crippen LogP contribution in [-0.2, 0) is 0 Å². The summed E-state index contributed by atoms with van der Waals surface area (Å²) < 4.78 is 5.75. The van der Waals surface area contributed by atoms with E-state index in [1.54, 1.807) is 0 Å². The summed E-state index contributed by atoms with van der Waals surface area (Å²) in [4.78, 5) is 0. The minimum atomic E-state index is 0. The van der Waals surface area contributed by atoms with Crippen molar-refractivity contribution in [3.63, 3.8) is 0 Å². The van der Waals surface area contributed by atoms with Gasteiger partial charge in [-0.25, -0.2) is 0 Å². The van der Waals surface area contributed by atoms with E-state index in [4.69, 9.17) is 4.74 Å². The molecule has 2 N–H and O–H groups in total. The molecular formula is C16H27ClN2O. The van der Waals surface area contributed by atoms with Crippen LogP contribution in [-0.4, -0.2) is 26.2 Å². The number of hydrogen-bond donors (Lipinski definition) is 2. The summed E-state index contributed by atoms with van der Waals surface area (Å²) in [5, 5.41) is 6.97. The van der Waals surface area contributed by atoms with Crippen molar-refractivity contribution in [1.82, 2.24) is 5.32 Å². The van der Waals surface area contributed by atoms with Crippen molar-refractivity contribution < 1.29 is 4.74 Å². The lowest BCUT2D eigenvalue weighted by atomic mass is 10.00. The Kier molecular flexibility index (Phi) is 7.78. The zero-order valence-corrected chi connectivity index (χ0v) is 13.3. The van der Waals surface area contributed by atoms with Crippen molar-refractivity contribution in [2.24, 2.45) is 11.8 Å². The number of rotatable bonds is 6. The highest BCUT2D eigenvalue weighted by atomic mass is 35.5. The molecule has 1 unspecified atom stereocenters. The highest BCUT2D eigenvalue weighted by molar-refractivity contribution is 5.85. The Labute approximate surface area is 128 Å². The largest absolute Gasteiger partial charge is 0.493 e. The third kappa shape index (κ3) is 6.02. The van der Waals surface area contributed by atoms with Crippen LogP contribution in [0.4, 0.5) is 5.69 Å². The maximum Gasteiger partial charge on any atom is 0.121 e. The molecule has 0 aromatic heterocycles. The van der Waals surface area contributed by atoms with Gasteiger partial charge in [0.05, 0.1) is 6.61 Å². The molecule has 4 heteroatoms. The van der Waals surface area contributed by atoms with Crippen LogP contribution in [0, 0.1) is 11.8 Å². The minimum absolute atomic E-state index is 0. The number of nitrogens with one attached hydrogen (secondary N) is 2. The molecule has 0 radical (unpaired) electrons. The maximum atomic E-state index is 5.75. The molecule has 1 fully saturated rings. The fourth-order valence-corrected chi connectivity index (χ4v) is 2.32. The van der Waals surface area contributed by atoms with Gasteiger partial charge in [-0.3, -0.25) is 0 Å². The van der Waals surface area contributed by atoms with Crippen LogP contribution in [0.2, 0.25) is 0 Å². The average Bonchev–Trinajstić information content (AvgIpc) is 2.44. The van der Waals surface area contributed by atoms with Gasteiger partial charge in [0.15, 0.2) is 0 Å². The molecule has 0 bridgehead atoms. The van der Waals surface area contributed by atoms with Crippen molar-refractivity contribution in [3.05, 3.63) is 24.3 Å². The monoisotopic (exact) mass is 298 g/mol. The van der Waals surface area contributed by atoms with Crippen molar-refractivity contribution in [1.29, 1.82) is 0 Å². The number of hydrogen-bond acceptors (Lipinski definition) is 3. The highest BCUT2D eigenvalue weighted by Crippen LogP contribution is 2.19. The standard InChI is InChI=1S/C16H26N2O.ClH/c1-13(2)12-19-16-7-3-6-15(9-16)18-11-14-5-4-8-17-10-14;/h3,6-7,9,13-14,17-18H,4-5,8,10-12H2,1-2H3;1H. The SMILES string of the molecule is CC(C)COc1cccc(NCC2CCCNC2)c1.Cl. The van der Waals surface area contributed by atoms with E-state index >= 15 is 0 Å². The fourth-order valence-electron chi connectivity index (χ4n) is 2.32. The smallest absolute Gasteiger partial charge is 0.121 e. The van der Waals surface area contributed by atoms with Gasteiger partial charge in [-0.15, -0.1) is 12.4 Å². The first-order valence-electron chi connectivity index (χ1n) is 7.41. The summed E-state index contributed by atoms with van der Waals surface area (Å²) in [6.45, 7) is 8.46. The number of anilines is 1. The van der Waals surface area contributed by atoms with E-state index in [-0.39, 0.29) is 12.4 Å². The Morgan fingerprint density at radius 3 is 2.95 bits per heavy atom. The number of benzene rings is 1. The lowest BCUT2D eigenvalue weighted by Crippen LogP contribution is -2.33. The normalized spacial score (nSPS) is 18.4. The molecule has 1 aromatic rings. The Hall–Kier alpha value is -0.930. The average molecular weight is 299 g/mol. The van der Waals surface area contributed by atoms with Crippen molar-refractivity contribution in [2.45, 2.75) is 26.7 Å². The maximum absolute atomic E-state index is 5.75. The number of halogens is 1. The molecule has 0 aliphatic carbocycles. The zero-order valence-electron chi connectivity index (χ0n) is 12.5. The van der Waals surface area contributed by atoms with E-state index in [9.17, 15) is 0 Å². The molecule has 20 heavy (non-hydrogen) atoms. The van der Waals surface area contributed by atoms with Gasteiger partial charge < -0.3 is 15.4 Å². The topological polar surface area (TPSA) is 33.3 Å². The van der Waals surface area contributed by atoms with Crippen LogP contribution in [0.3, 0.4) is 0 Å². The van der Waals surface area contributed by atoms with Gasteiger partial charge in [-0.1, -0.05) is 19.9 Å². The number of piperidine rings is 1. The van der Waals surface area contributed by atoms with Gasteiger partial charge in [-0.05, 0) is 49.9 Å². The molecular weight excluding hydrogens is 272 g/mol. The summed E-state index contributed by atoms with van der Waals surface area (Å²) in [6.07, 6.45) is 2.62. The first-order valence-corrected chi connectivity index (χ1v) is 7.41. The zero-order chi connectivity index (χ0) is 13.5. The third-order valence-electron chi connectivity index (χ3n) is 3.41. The lowest BCUT2D eigenvalue weighted by molar-refractivity contribution is 0.271. The molecule has 1 aromatic carbocycles. The van der Waals surface area contributed by atoms with E-state index in [1.165, 1.54) is 19.4 Å². The molecule has 1 atom stereocenters. The molecule has 2 rings (SSSR count). The first kappa shape index (κ1) is 17.1. The van der Waals surface area contributed by atoms with Crippen LogP contribution in [0.25, 0.3) is 0 Å². The molecule has 0 saturated carbocycles. The second kappa shape index (κ2) is 9.09. The van der Waals surface area contributed by atoms with Gasteiger partial charge in [0, 0.05) is 18.3 Å². The van der Waals surface area contributed by atoms with Crippen molar-refractivity contribution >= 4 is 18.1 Å².